The standard InChI is InChI=1S/C12H15FO4/c1-4-17-12(14)11(13)8-5-9(15-2)7-10(6-8)16-3/h5-7,11H,4H2,1-3H3. The zero-order valence-electron chi connectivity index (χ0n) is 10.0. The SMILES string of the molecule is CCOC(=O)C(F)c1cc(OC)cc(OC)c1. The number of ether oxygens (including phenoxy) is 3. The van der Waals surface area contributed by atoms with Gasteiger partial charge in [0.15, 0.2) is 0 Å². The summed E-state index contributed by atoms with van der Waals surface area (Å²) < 4.78 is 28.3. The average Bonchev–Trinajstić information content (AvgIpc) is 2.37. The fourth-order valence-electron chi connectivity index (χ4n) is 1.33. The van der Waals surface area contributed by atoms with Gasteiger partial charge in [-0.3, -0.25) is 0 Å². The molecule has 0 fully saturated rings. The first kappa shape index (κ1) is 13.3. The Hall–Kier alpha value is -1.78. The summed E-state index contributed by atoms with van der Waals surface area (Å²) in [5, 5.41) is 0. The number of carbonyl (C=O) groups is 1. The van der Waals surface area contributed by atoms with Gasteiger partial charge in [-0.15, -0.1) is 0 Å². The first-order valence-electron chi connectivity index (χ1n) is 5.16. The van der Waals surface area contributed by atoms with E-state index in [9.17, 15) is 9.18 Å². The second kappa shape index (κ2) is 6.08. The molecule has 1 aromatic carbocycles. The van der Waals surface area contributed by atoms with Gasteiger partial charge < -0.3 is 14.2 Å². The molecule has 0 aliphatic carbocycles. The summed E-state index contributed by atoms with van der Waals surface area (Å²) in [6.45, 7) is 1.76. The highest BCUT2D eigenvalue weighted by Crippen LogP contribution is 2.28. The maximum Gasteiger partial charge on any atom is 0.345 e. The van der Waals surface area contributed by atoms with Crippen molar-refractivity contribution in [2.45, 2.75) is 13.1 Å². The molecule has 0 bridgehead atoms. The summed E-state index contributed by atoms with van der Waals surface area (Å²) in [7, 11) is 2.91. The lowest BCUT2D eigenvalue weighted by Crippen LogP contribution is -2.12. The first-order valence-corrected chi connectivity index (χ1v) is 5.16. The molecule has 0 aliphatic rings. The van der Waals surface area contributed by atoms with Crippen LogP contribution in [-0.4, -0.2) is 26.8 Å². The Morgan fingerprint density at radius 3 is 2.18 bits per heavy atom. The van der Waals surface area contributed by atoms with E-state index in [0.717, 1.165) is 0 Å². The van der Waals surface area contributed by atoms with E-state index >= 15 is 0 Å². The maximum atomic E-state index is 13.8. The van der Waals surface area contributed by atoms with Crippen molar-refractivity contribution in [1.82, 2.24) is 0 Å². The number of benzene rings is 1. The van der Waals surface area contributed by atoms with Crippen molar-refractivity contribution in [2.24, 2.45) is 0 Å². The Kier molecular flexibility index (Phi) is 4.75. The van der Waals surface area contributed by atoms with E-state index in [0.29, 0.717) is 11.5 Å². The number of hydrogen-bond donors (Lipinski definition) is 0. The fraction of sp³-hybridized carbons (Fsp3) is 0.417. The van der Waals surface area contributed by atoms with Gasteiger partial charge in [0, 0.05) is 11.6 Å². The third-order valence-corrected chi connectivity index (χ3v) is 2.16. The third-order valence-electron chi connectivity index (χ3n) is 2.16. The van der Waals surface area contributed by atoms with Gasteiger partial charge in [-0.2, -0.15) is 0 Å². The number of hydrogen-bond acceptors (Lipinski definition) is 4. The molecule has 0 spiro atoms. The van der Waals surface area contributed by atoms with Crippen LogP contribution in [0.4, 0.5) is 4.39 Å². The van der Waals surface area contributed by atoms with Crippen LogP contribution in [0.5, 0.6) is 11.5 Å². The molecule has 0 radical (unpaired) electrons. The van der Waals surface area contributed by atoms with Gasteiger partial charge in [-0.25, -0.2) is 9.18 Å². The lowest BCUT2D eigenvalue weighted by molar-refractivity contribution is -0.149. The minimum Gasteiger partial charge on any atom is -0.497 e. The van der Waals surface area contributed by atoms with E-state index in [1.165, 1.54) is 26.4 Å². The van der Waals surface area contributed by atoms with Gasteiger partial charge in [-0.05, 0) is 19.1 Å². The van der Waals surface area contributed by atoms with E-state index < -0.39 is 12.1 Å². The topological polar surface area (TPSA) is 44.8 Å². The summed E-state index contributed by atoms with van der Waals surface area (Å²) in [6, 6.07) is 4.47. The van der Waals surface area contributed by atoms with Crippen LogP contribution in [0.15, 0.2) is 18.2 Å². The van der Waals surface area contributed by atoms with Crippen molar-refractivity contribution in [3.05, 3.63) is 23.8 Å². The molecule has 4 nitrogen and oxygen atoms in total. The third kappa shape index (κ3) is 3.34. The average molecular weight is 242 g/mol. The van der Waals surface area contributed by atoms with Gasteiger partial charge in [-0.1, -0.05) is 0 Å². The molecule has 0 saturated heterocycles. The molecular weight excluding hydrogens is 227 g/mol. The monoisotopic (exact) mass is 242 g/mol. The molecule has 0 N–H and O–H groups in total. The predicted molar refractivity (Wildman–Crippen MR) is 60.0 cm³/mol. The highest BCUT2D eigenvalue weighted by atomic mass is 19.1. The summed E-state index contributed by atoms with van der Waals surface area (Å²) in [5.74, 6) is -0.0691. The molecule has 1 unspecified atom stereocenters. The number of alkyl halides is 1. The molecule has 0 saturated carbocycles. The highest BCUT2D eigenvalue weighted by molar-refractivity contribution is 5.76. The van der Waals surface area contributed by atoms with Crippen LogP contribution in [-0.2, 0) is 9.53 Å². The van der Waals surface area contributed by atoms with Crippen molar-refractivity contribution < 1.29 is 23.4 Å². The van der Waals surface area contributed by atoms with Gasteiger partial charge in [0.05, 0.1) is 20.8 Å². The number of methoxy groups -OCH3 is 2. The molecule has 17 heavy (non-hydrogen) atoms. The number of rotatable bonds is 5. The van der Waals surface area contributed by atoms with E-state index in [1.54, 1.807) is 13.0 Å². The lowest BCUT2D eigenvalue weighted by atomic mass is 10.1. The number of halogens is 1. The minimum absolute atomic E-state index is 0.139. The minimum atomic E-state index is -1.83. The molecule has 0 amide bonds. The summed E-state index contributed by atoms with van der Waals surface area (Å²) in [6.07, 6.45) is -1.83. The lowest BCUT2D eigenvalue weighted by Gasteiger charge is -2.11. The van der Waals surface area contributed by atoms with Crippen molar-refractivity contribution >= 4 is 5.97 Å². The molecule has 94 valence electrons. The molecular formula is C12H15FO4. The molecule has 1 rings (SSSR count). The van der Waals surface area contributed by atoms with E-state index in [-0.39, 0.29) is 12.2 Å². The Morgan fingerprint density at radius 2 is 1.76 bits per heavy atom. The molecule has 5 heteroatoms. The Morgan fingerprint density at radius 1 is 1.24 bits per heavy atom. The van der Waals surface area contributed by atoms with Crippen LogP contribution in [0.25, 0.3) is 0 Å². The summed E-state index contributed by atoms with van der Waals surface area (Å²) >= 11 is 0. The zero-order chi connectivity index (χ0) is 12.8. The molecule has 0 aromatic heterocycles. The molecule has 1 aromatic rings. The Bertz CT molecular complexity index is 370. The van der Waals surface area contributed by atoms with Gasteiger partial charge >= 0.3 is 5.97 Å². The fourth-order valence-corrected chi connectivity index (χ4v) is 1.33. The molecule has 1 atom stereocenters. The van der Waals surface area contributed by atoms with Crippen LogP contribution >= 0.6 is 0 Å². The predicted octanol–water partition coefficient (Wildman–Crippen LogP) is 2.28. The second-order valence-corrected chi connectivity index (χ2v) is 3.26. The second-order valence-electron chi connectivity index (χ2n) is 3.26. The van der Waals surface area contributed by atoms with E-state index in [4.69, 9.17) is 9.47 Å². The highest BCUT2D eigenvalue weighted by Gasteiger charge is 2.22. The van der Waals surface area contributed by atoms with Crippen LogP contribution in [0.1, 0.15) is 18.7 Å². The first-order chi connectivity index (χ1) is 8.12. The Labute approximate surface area is 99.3 Å². The van der Waals surface area contributed by atoms with Gasteiger partial charge in [0.1, 0.15) is 11.5 Å². The van der Waals surface area contributed by atoms with Crippen LogP contribution in [0.3, 0.4) is 0 Å². The molecule has 0 heterocycles. The van der Waals surface area contributed by atoms with E-state index in [2.05, 4.69) is 4.74 Å². The quantitative estimate of drug-likeness (QED) is 0.743. The van der Waals surface area contributed by atoms with Crippen molar-refractivity contribution in [3.63, 3.8) is 0 Å². The van der Waals surface area contributed by atoms with E-state index in [1.807, 2.05) is 0 Å². The van der Waals surface area contributed by atoms with Crippen LogP contribution < -0.4 is 9.47 Å². The van der Waals surface area contributed by atoms with Crippen molar-refractivity contribution in [1.29, 1.82) is 0 Å². The van der Waals surface area contributed by atoms with Gasteiger partial charge in [0.2, 0.25) is 6.17 Å². The Balaban J connectivity index is 2.99. The summed E-state index contributed by atoms with van der Waals surface area (Å²) in [4.78, 5) is 11.3. The van der Waals surface area contributed by atoms with Crippen LogP contribution in [0.2, 0.25) is 0 Å². The summed E-state index contributed by atoms with van der Waals surface area (Å²) in [5.41, 5.74) is 0.152. The van der Waals surface area contributed by atoms with Crippen molar-refractivity contribution in [2.75, 3.05) is 20.8 Å². The van der Waals surface area contributed by atoms with Gasteiger partial charge in [0.25, 0.3) is 0 Å². The maximum absolute atomic E-state index is 13.8. The number of carbonyl (C=O) groups excluding carboxylic acids is 1. The smallest absolute Gasteiger partial charge is 0.345 e. The van der Waals surface area contributed by atoms with Crippen molar-refractivity contribution in [3.8, 4) is 11.5 Å². The van der Waals surface area contributed by atoms with Crippen LogP contribution in [0, 0.1) is 0 Å². The largest absolute Gasteiger partial charge is 0.497 e. The normalized spacial score (nSPS) is 11.8. The zero-order valence-corrected chi connectivity index (χ0v) is 10.0. The number of esters is 1. The molecule has 0 aliphatic heterocycles.